The number of halogens is 6. The van der Waals surface area contributed by atoms with Crippen LogP contribution in [0.2, 0.25) is 0 Å². The molecule has 3 atom stereocenters. The van der Waals surface area contributed by atoms with E-state index in [1.165, 1.54) is 6.20 Å². The molecule has 0 radical (unpaired) electrons. The average Bonchev–Trinajstić information content (AvgIpc) is 3.45. The predicted molar refractivity (Wildman–Crippen MR) is 146 cm³/mol. The van der Waals surface area contributed by atoms with Gasteiger partial charge in [0.1, 0.15) is 35.4 Å². The van der Waals surface area contributed by atoms with Crippen molar-refractivity contribution in [1.29, 1.82) is 0 Å². The molecular formula is C33H25F6N3O2. The van der Waals surface area contributed by atoms with E-state index in [-0.39, 0.29) is 36.2 Å². The topological polar surface area (TPSA) is 64.8 Å². The van der Waals surface area contributed by atoms with E-state index < -0.39 is 65.5 Å². The van der Waals surface area contributed by atoms with E-state index in [0.717, 1.165) is 34.9 Å². The Morgan fingerprint density at radius 1 is 1.00 bits per heavy atom. The lowest BCUT2D eigenvalue weighted by Gasteiger charge is -2.21. The van der Waals surface area contributed by atoms with Gasteiger partial charge in [0.2, 0.25) is 0 Å². The highest BCUT2D eigenvalue weighted by atomic mass is 19.3. The first-order valence-corrected chi connectivity index (χ1v) is 14.3. The molecule has 3 aliphatic carbocycles. The Labute approximate surface area is 247 Å². The van der Waals surface area contributed by atoms with Crippen LogP contribution in [-0.2, 0) is 41.3 Å². The Kier molecular flexibility index (Phi) is 6.75. The van der Waals surface area contributed by atoms with Crippen LogP contribution in [0.25, 0.3) is 11.1 Å². The van der Waals surface area contributed by atoms with Gasteiger partial charge in [-0.3, -0.25) is 19.3 Å². The summed E-state index contributed by atoms with van der Waals surface area (Å²) in [7, 11) is 0. The highest BCUT2D eigenvalue weighted by Crippen LogP contribution is 2.68. The molecule has 4 aromatic rings. The first-order chi connectivity index (χ1) is 21.0. The number of benzene rings is 2. The van der Waals surface area contributed by atoms with Crippen molar-refractivity contribution in [3.8, 4) is 11.1 Å². The number of pyridine rings is 1. The molecule has 7 rings (SSSR count). The van der Waals surface area contributed by atoms with E-state index in [2.05, 4.69) is 10.1 Å². The maximum Gasteiger partial charge on any atom is 0.293 e. The minimum absolute atomic E-state index is 0.0202. The standard InChI is InChI=1S/C33H25F6N3O2/c34-21-7-16(8-22(35)13-21)6-20(29-25(2-1-5-40-29)18-4-3-17-10-23(43)11-19(17)9-18)12-24(44)15-42-31-28(30(41-42)32(36)37)26-14-27(26)33(31,38)39/h1-5,7-9,13,20,26-27,32H,6,10-12,14-15H2/t20-,26?,27?/m1/s1. The number of ketones is 2. The van der Waals surface area contributed by atoms with Crippen molar-refractivity contribution < 1.29 is 35.9 Å². The number of hydrogen-bond acceptors (Lipinski definition) is 4. The summed E-state index contributed by atoms with van der Waals surface area (Å²) in [6.45, 7) is -0.665. The molecule has 5 nitrogen and oxygen atoms in total. The number of hydrogen-bond donors (Lipinski definition) is 0. The lowest BCUT2D eigenvalue weighted by molar-refractivity contribution is -0.120. The van der Waals surface area contributed by atoms with Crippen LogP contribution in [0.5, 0.6) is 0 Å². The van der Waals surface area contributed by atoms with Crippen molar-refractivity contribution in [3.05, 3.63) is 106 Å². The Bertz CT molecular complexity index is 1810. The van der Waals surface area contributed by atoms with Crippen molar-refractivity contribution in [2.24, 2.45) is 5.92 Å². The Hall–Kier alpha value is -4.28. The van der Waals surface area contributed by atoms with E-state index in [4.69, 9.17) is 0 Å². The molecule has 44 heavy (non-hydrogen) atoms. The molecule has 1 saturated carbocycles. The van der Waals surface area contributed by atoms with Crippen LogP contribution in [0.4, 0.5) is 26.3 Å². The van der Waals surface area contributed by atoms with E-state index >= 15 is 8.78 Å². The molecule has 0 bridgehead atoms. The van der Waals surface area contributed by atoms with Crippen LogP contribution < -0.4 is 0 Å². The largest absolute Gasteiger partial charge is 0.299 e. The maximum atomic E-state index is 15.1. The number of alkyl halides is 4. The number of carbonyl (C=O) groups is 2. The fraction of sp³-hybridized carbons (Fsp3) is 0.333. The lowest BCUT2D eigenvalue weighted by atomic mass is 9.86. The van der Waals surface area contributed by atoms with Gasteiger partial charge in [0.05, 0.1) is 5.69 Å². The SMILES string of the molecule is O=C1Cc2ccc(-c3cccnc3[C@@H](CC(=O)Cn3nc(C(F)F)c4c3C(F)(F)C3CC43)Cc3cc(F)cc(F)c3)cc2C1. The first-order valence-electron chi connectivity index (χ1n) is 14.3. The fourth-order valence-electron chi connectivity index (χ4n) is 6.97. The van der Waals surface area contributed by atoms with Crippen molar-refractivity contribution in [2.75, 3.05) is 0 Å². The van der Waals surface area contributed by atoms with Crippen molar-refractivity contribution >= 4 is 11.6 Å². The average molecular weight is 610 g/mol. The van der Waals surface area contributed by atoms with Crippen LogP contribution in [0.3, 0.4) is 0 Å². The zero-order valence-corrected chi connectivity index (χ0v) is 23.2. The fourth-order valence-corrected chi connectivity index (χ4v) is 6.97. The second kappa shape index (κ2) is 10.4. The molecule has 0 saturated heterocycles. The van der Waals surface area contributed by atoms with E-state index in [1.807, 2.05) is 18.2 Å². The van der Waals surface area contributed by atoms with Gasteiger partial charge in [-0.15, -0.1) is 0 Å². The number of carbonyl (C=O) groups excluding carboxylic acids is 2. The first kappa shape index (κ1) is 28.5. The van der Waals surface area contributed by atoms with Gasteiger partial charge in [0.25, 0.3) is 12.3 Å². The maximum absolute atomic E-state index is 15.1. The molecule has 0 spiro atoms. The summed E-state index contributed by atoms with van der Waals surface area (Å²) in [5.74, 6) is -7.98. The lowest BCUT2D eigenvalue weighted by Crippen LogP contribution is -2.24. The van der Waals surface area contributed by atoms with Crippen molar-refractivity contribution in [1.82, 2.24) is 14.8 Å². The van der Waals surface area contributed by atoms with Crippen LogP contribution in [0.15, 0.2) is 54.7 Å². The molecule has 0 N–H and O–H groups in total. The Morgan fingerprint density at radius 2 is 1.75 bits per heavy atom. The third kappa shape index (κ3) is 4.92. The number of Topliss-reactive ketones (excluding diaryl/α,β-unsaturated/α-hetero) is 2. The summed E-state index contributed by atoms with van der Waals surface area (Å²) in [5, 5.41) is 3.76. The molecule has 3 aliphatic rings. The molecule has 1 fully saturated rings. The number of fused-ring (bicyclic) bond motifs is 4. The summed E-state index contributed by atoms with van der Waals surface area (Å²) in [4.78, 5) is 30.1. The Morgan fingerprint density at radius 3 is 2.50 bits per heavy atom. The molecule has 2 unspecified atom stereocenters. The predicted octanol–water partition coefficient (Wildman–Crippen LogP) is 7.02. The highest BCUT2D eigenvalue weighted by molar-refractivity contribution is 5.89. The third-order valence-electron chi connectivity index (χ3n) is 8.89. The van der Waals surface area contributed by atoms with Crippen LogP contribution in [0.1, 0.15) is 70.4 Å². The smallest absolute Gasteiger partial charge is 0.293 e. The zero-order valence-electron chi connectivity index (χ0n) is 23.2. The minimum atomic E-state index is -3.37. The second-order valence-corrected chi connectivity index (χ2v) is 11.9. The molecule has 0 aliphatic heterocycles. The summed E-state index contributed by atoms with van der Waals surface area (Å²) in [6.07, 6.45) is -1.11. The summed E-state index contributed by atoms with van der Waals surface area (Å²) in [6, 6.07) is 12.1. The molecule has 2 aromatic carbocycles. The highest BCUT2D eigenvalue weighted by Gasteiger charge is 2.67. The van der Waals surface area contributed by atoms with Crippen LogP contribution in [0, 0.1) is 17.6 Å². The van der Waals surface area contributed by atoms with Gasteiger partial charge >= 0.3 is 0 Å². The van der Waals surface area contributed by atoms with Gasteiger partial charge in [-0.05, 0) is 59.2 Å². The van der Waals surface area contributed by atoms with Gasteiger partial charge in [0, 0.05) is 54.5 Å². The zero-order chi connectivity index (χ0) is 30.9. The molecule has 0 amide bonds. The van der Waals surface area contributed by atoms with Gasteiger partial charge in [-0.1, -0.05) is 24.3 Å². The quantitative estimate of drug-likeness (QED) is 0.191. The molecular weight excluding hydrogens is 584 g/mol. The minimum Gasteiger partial charge on any atom is -0.299 e. The van der Waals surface area contributed by atoms with E-state index in [9.17, 15) is 27.2 Å². The molecule has 2 heterocycles. The van der Waals surface area contributed by atoms with Gasteiger partial charge in [-0.25, -0.2) is 17.6 Å². The normalized spacial score (nSPS) is 20.0. The van der Waals surface area contributed by atoms with Gasteiger partial charge < -0.3 is 0 Å². The van der Waals surface area contributed by atoms with Crippen LogP contribution in [-0.4, -0.2) is 26.3 Å². The summed E-state index contributed by atoms with van der Waals surface area (Å²) >= 11 is 0. The number of nitrogens with zero attached hydrogens (tertiary/aromatic N) is 3. The molecule has 11 heteroatoms. The third-order valence-corrected chi connectivity index (χ3v) is 8.89. The monoisotopic (exact) mass is 609 g/mol. The summed E-state index contributed by atoms with van der Waals surface area (Å²) in [5.41, 5.74) is 2.36. The number of aromatic nitrogens is 3. The Balaban J connectivity index is 1.24. The van der Waals surface area contributed by atoms with Crippen molar-refractivity contribution in [3.63, 3.8) is 0 Å². The van der Waals surface area contributed by atoms with E-state index in [0.29, 0.717) is 28.8 Å². The summed E-state index contributed by atoms with van der Waals surface area (Å²) < 4.78 is 86.7. The van der Waals surface area contributed by atoms with Crippen LogP contribution >= 0.6 is 0 Å². The number of rotatable bonds is 9. The molecule has 2 aromatic heterocycles. The van der Waals surface area contributed by atoms with Crippen molar-refractivity contribution in [2.45, 2.75) is 62.8 Å². The molecule has 226 valence electrons. The second-order valence-electron chi connectivity index (χ2n) is 11.9. The van der Waals surface area contributed by atoms with Gasteiger partial charge in [0.15, 0.2) is 5.78 Å². The van der Waals surface area contributed by atoms with E-state index in [1.54, 1.807) is 12.1 Å². The van der Waals surface area contributed by atoms with Gasteiger partial charge in [-0.2, -0.15) is 13.9 Å².